The fourth-order valence-corrected chi connectivity index (χ4v) is 3.21. The largest absolute Gasteiger partial charge is 0.333 e. The van der Waals surface area contributed by atoms with Gasteiger partial charge >= 0.3 is 0 Å². The van der Waals surface area contributed by atoms with Crippen molar-refractivity contribution in [2.24, 2.45) is 0 Å². The van der Waals surface area contributed by atoms with Crippen LogP contribution in [0.5, 0.6) is 0 Å². The smallest absolute Gasteiger partial charge is 0.268 e. The van der Waals surface area contributed by atoms with E-state index in [4.69, 9.17) is 9.78 Å². The van der Waals surface area contributed by atoms with Crippen LogP contribution in [0, 0.1) is 22.7 Å². The second kappa shape index (κ2) is 8.68. The third-order valence-corrected chi connectivity index (χ3v) is 4.67. The van der Waals surface area contributed by atoms with Crippen LogP contribution in [-0.4, -0.2) is 10.1 Å². The lowest BCUT2D eigenvalue weighted by molar-refractivity contribution is 0.401. The van der Waals surface area contributed by atoms with E-state index in [2.05, 4.69) is 22.3 Å². The summed E-state index contributed by atoms with van der Waals surface area (Å²) >= 11 is 0. The Bertz CT molecular complexity index is 1210. The van der Waals surface area contributed by atoms with Crippen molar-refractivity contribution in [1.82, 2.24) is 10.1 Å². The molecule has 0 fully saturated rings. The van der Waals surface area contributed by atoms with Crippen molar-refractivity contribution < 1.29 is 4.52 Å². The van der Waals surface area contributed by atoms with Crippen LogP contribution in [0.2, 0.25) is 0 Å². The second-order valence-corrected chi connectivity index (χ2v) is 6.62. The number of allylic oxidation sites excluding steroid dienone is 1. The molecule has 142 valence electrons. The molecule has 0 saturated heterocycles. The maximum Gasteiger partial charge on any atom is 0.268 e. The van der Waals surface area contributed by atoms with Gasteiger partial charge in [0.05, 0.1) is 17.6 Å². The lowest BCUT2D eigenvalue weighted by Crippen LogP contribution is -2.05. The topological polar surface area (TPSA) is 86.5 Å². The van der Waals surface area contributed by atoms with Gasteiger partial charge in [-0.1, -0.05) is 78.0 Å². The highest BCUT2D eigenvalue weighted by Gasteiger charge is 2.23. The molecule has 5 heteroatoms. The van der Waals surface area contributed by atoms with E-state index in [1.54, 1.807) is 30.3 Å². The summed E-state index contributed by atoms with van der Waals surface area (Å²) in [6.45, 7) is 0. The van der Waals surface area contributed by atoms with Gasteiger partial charge in [0, 0.05) is 0 Å². The fraction of sp³-hybridized carbons (Fsp3) is 0.0400. The second-order valence-electron chi connectivity index (χ2n) is 6.62. The van der Waals surface area contributed by atoms with E-state index in [0.29, 0.717) is 11.4 Å². The van der Waals surface area contributed by atoms with Crippen LogP contribution in [0.15, 0.2) is 89.5 Å². The first-order chi connectivity index (χ1) is 14.8. The Kier molecular flexibility index (Phi) is 5.46. The molecule has 0 bridgehead atoms. The van der Waals surface area contributed by atoms with E-state index in [9.17, 15) is 5.26 Å². The summed E-state index contributed by atoms with van der Waals surface area (Å²) in [6.07, 6.45) is 1.67. The zero-order valence-corrected chi connectivity index (χ0v) is 15.9. The highest BCUT2D eigenvalue weighted by Crippen LogP contribution is 2.30. The lowest BCUT2D eigenvalue weighted by atomic mass is 9.91. The van der Waals surface area contributed by atoms with Crippen molar-refractivity contribution in [3.05, 3.63) is 119 Å². The average molecular weight is 388 g/mol. The minimum absolute atomic E-state index is 0.161. The zero-order chi connectivity index (χ0) is 20.8. The minimum Gasteiger partial charge on any atom is -0.333 e. The molecule has 0 unspecified atom stereocenters. The van der Waals surface area contributed by atoms with Gasteiger partial charge in [-0.15, -0.1) is 0 Å². The predicted octanol–water partition coefficient (Wildman–Crippen LogP) is 5.19. The summed E-state index contributed by atoms with van der Waals surface area (Å²) in [6, 6.07) is 31.0. The quantitative estimate of drug-likeness (QED) is 0.439. The maximum atomic E-state index is 9.63. The van der Waals surface area contributed by atoms with Gasteiger partial charge in [0.15, 0.2) is 5.82 Å². The Labute approximate surface area is 174 Å². The molecule has 5 nitrogen and oxygen atoms in total. The Morgan fingerprint density at radius 1 is 0.833 bits per heavy atom. The lowest BCUT2D eigenvalue weighted by Gasteiger charge is -2.14. The molecule has 4 aromatic rings. The number of nitriles is 2. The van der Waals surface area contributed by atoms with Gasteiger partial charge in [-0.05, 0) is 34.9 Å². The van der Waals surface area contributed by atoms with Gasteiger partial charge < -0.3 is 4.52 Å². The third-order valence-electron chi connectivity index (χ3n) is 4.67. The first-order valence-electron chi connectivity index (χ1n) is 9.34. The molecule has 0 aliphatic heterocycles. The fourth-order valence-electron chi connectivity index (χ4n) is 3.21. The van der Waals surface area contributed by atoms with Gasteiger partial charge in [-0.25, -0.2) is 0 Å². The first-order valence-corrected chi connectivity index (χ1v) is 9.34. The van der Waals surface area contributed by atoms with Crippen LogP contribution in [-0.2, 0) is 0 Å². The average Bonchev–Trinajstić information content (AvgIpc) is 3.29. The molecule has 0 aliphatic rings. The van der Waals surface area contributed by atoms with E-state index in [1.807, 2.05) is 60.7 Å². The van der Waals surface area contributed by atoms with E-state index in [0.717, 1.165) is 16.7 Å². The molecule has 1 aromatic heterocycles. The van der Waals surface area contributed by atoms with Crippen LogP contribution in [0.3, 0.4) is 0 Å². The summed E-state index contributed by atoms with van der Waals surface area (Å²) in [5, 5.41) is 22.7. The number of benzene rings is 3. The SMILES string of the molecule is N#C/C(=C\c1ccc(C#N)cc1)c1nc(C(c2ccccc2)c2ccccc2)no1. The Morgan fingerprint density at radius 2 is 1.43 bits per heavy atom. The van der Waals surface area contributed by atoms with Crippen LogP contribution < -0.4 is 0 Å². The Balaban J connectivity index is 1.72. The zero-order valence-electron chi connectivity index (χ0n) is 15.9. The summed E-state index contributed by atoms with van der Waals surface area (Å²) < 4.78 is 5.45. The molecule has 3 aromatic carbocycles. The normalized spacial score (nSPS) is 11.1. The molecule has 0 atom stereocenters. The minimum atomic E-state index is -0.209. The Morgan fingerprint density at radius 3 is 1.97 bits per heavy atom. The summed E-state index contributed by atoms with van der Waals surface area (Å²) in [4.78, 5) is 4.54. The monoisotopic (exact) mass is 388 g/mol. The molecule has 4 rings (SSSR count). The van der Waals surface area contributed by atoms with Crippen LogP contribution in [0.4, 0.5) is 0 Å². The third kappa shape index (κ3) is 4.01. The molecule has 30 heavy (non-hydrogen) atoms. The van der Waals surface area contributed by atoms with Crippen molar-refractivity contribution in [3.8, 4) is 12.1 Å². The van der Waals surface area contributed by atoms with Gasteiger partial charge in [0.25, 0.3) is 5.89 Å². The molecule has 0 N–H and O–H groups in total. The summed E-state index contributed by atoms with van der Waals surface area (Å²) in [5.74, 6) is 0.442. The van der Waals surface area contributed by atoms with E-state index < -0.39 is 0 Å². The molecular weight excluding hydrogens is 372 g/mol. The molecule has 1 heterocycles. The van der Waals surface area contributed by atoms with Crippen molar-refractivity contribution >= 4 is 11.6 Å². The highest BCUT2D eigenvalue weighted by atomic mass is 16.5. The van der Waals surface area contributed by atoms with Crippen LogP contribution in [0.1, 0.15) is 39.9 Å². The number of hydrogen-bond acceptors (Lipinski definition) is 5. The van der Waals surface area contributed by atoms with E-state index >= 15 is 0 Å². The van der Waals surface area contributed by atoms with Gasteiger partial charge in [0.1, 0.15) is 11.6 Å². The van der Waals surface area contributed by atoms with Gasteiger partial charge in [-0.3, -0.25) is 0 Å². The Hall–Kier alpha value is -4.48. The van der Waals surface area contributed by atoms with Crippen molar-refractivity contribution in [2.45, 2.75) is 5.92 Å². The van der Waals surface area contributed by atoms with E-state index in [-0.39, 0.29) is 17.4 Å². The standard InChI is InChI=1S/C25H16N4O/c26-16-19-13-11-18(12-14-19)15-22(17-27)25-28-24(29-30-25)23(20-7-3-1-4-8-20)21-9-5-2-6-10-21/h1-15,23H/b22-15+. The maximum absolute atomic E-state index is 9.63. The summed E-state index contributed by atoms with van der Waals surface area (Å²) in [5.41, 5.74) is 3.65. The number of hydrogen-bond donors (Lipinski definition) is 0. The number of aromatic nitrogens is 2. The molecule has 0 saturated carbocycles. The van der Waals surface area contributed by atoms with Crippen LogP contribution >= 0.6 is 0 Å². The highest BCUT2D eigenvalue weighted by molar-refractivity contribution is 5.86. The van der Waals surface area contributed by atoms with Gasteiger partial charge in [-0.2, -0.15) is 15.5 Å². The van der Waals surface area contributed by atoms with Gasteiger partial charge in [0.2, 0.25) is 0 Å². The number of rotatable bonds is 5. The summed E-state index contributed by atoms with van der Waals surface area (Å²) in [7, 11) is 0. The van der Waals surface area contributed by atoms with Crippen molar-refractivity contribution in [1.29, 1.82) is 10.5 Å². The molecule has 0 radical (unpaired) electrons. The molecule has 0 spiro atoms. The molecular formula is C25H16N4O. The predicted molar refractivity (Wildman–Crippen MR) is 113 cm³/mol. The molecule has 0 aliphatic carbocycles. The number of nitrogens with zero attached hydrogens (tertiary/aromatic N) is 4. The first kappa shape index (κ1) is 18.9. The van der Waals surface area contributed by atoms with E-state index in [1.165, 1.54) is 0 Å². The van der Waals surface area contributed by atoms with Crippen molar-refractivity contribution in [2.75, 3.05) is 0 Å². The van der Waals surface area contributed by atoms with Crippen molar-refractivity contribution in [3.63, 3.8) is 0 Å². The van der Waals surface area contributed by atoms with Crippen LogP contribution in [0.25, 0.3) is 11.6 Å². The molecule has 0 amide bonds.